The number of hydrogen-bond acceptors (Lipinski definition) is 2. The average Bonchev–Trinajstić information content (AvgIpc) is 2.66. The highest BCUT2D eigenvalue weighted by Gasteiger charge is 2.20. The first-order chi connectivity index (χ1) is 7.99. The SMILES string of the molecule is CCN(CC(=O)O)C(=O)c1cc(Br)cn1CC. The Bertz CT molecular complexity index is 428. The third kappa shape index (κ3) is 3.33. The second-order valence-corrected chi connectivity index (χ2v) is 4.46. The van der Waals surface area contributed by atoms with Crippen LogP contribution in [0.2, 0.25) is 0 Å². The summed E-state index contributed by atoms with van der Waals surface area (Å²) in [6, 6.07) is 1.70. The normalized spacial score (nSPS) is 10.3. The Morgan fingerprint density at radius 1 is 1.47 bits per heavy atom. The number of carbonyl (C=O) groups excluding carboxylic acids is 1. The highest BCUT2D eigenvalue weighted by Crippen LogP contribution is 2.16. The number of amides is 1. The van der Waals surface area contributed by atoms with Gasteiger partial charge in [-0.25, -0.2) is 0 Å². The highest BCUT2D eigenvalue weighted by atomic mass is 79.9. The Balaban J connectivity index is 2.96. The summed E-state index contributed by atoms with van der Waals surface area (Å²) >= 11 is 3.31. The number of carboxylic acids is 1. The molecule has 6 heteroatoms. The summed E-state index contributed by atoms with van der Waals surface area (Å²) in [6.45, 7) is 4.45. The minimum absolute atomic E-state index is 0.262. The van der Waals surface area contributed by atoms with Crippen LogP contribution in [0.4, 0.5) is 0 Å². The lowest BCUT2D eigenvalue weighted by Gasteiger charge is -2.19. The molecule has 0 bridgehead atoms. The molecular formula is C11H15BrN2O3. The van der Waals surface area contributed by atoms with Crippen molar-refractivity contribution in [1.82, 2.24) is 9.47 Å². The van der Waals surface area contributed by atoms with Gasteiger partial charge in [0.05, 0.1) is 0 Å². The molecule has 1 aromatic rings. The molecule has 0 spiro atoms. The Labute approximate surface area is 108 Å². The van der Waals surface area contributed by atoms with Gasteiger partial charge in [-0.2, -0.15) is 0 Å². The molecule has 0 unspecified atom stereocenters. The zero-order valence-corrected chi connectivity index (χ0v) is 11.4. The molecule has 0 aromatic carbocycles. The fourth-order valence-electron chi connectivity index (χ4n) is 1.57. The predicted octanol–water partition coefficient (Wildman–Crippen LogP) is 1.82. The van der Waals surface area contributed by atoms with E-state index in [1.54, 1.807) is 17.6 Å². The van der Waals surface area contributed by atoms with Gasteiger partial charge < -0.3 is 14.6 Å². The molecule has 0 atom stereocenters. The Kier molecular flexibility index (Phi) is 4.74. The summed E-state index contributed by atoms with van der Waals surface area (Å²) in [5, 5.41) is 8.73. The second kappa shape index (κ2) is 5.86. The number of hydrogen-bond donors (Lipinski definition) is 1. The summed E-state index contributed by atoms with van der Waals surface area (Å²) in [6.07, 6.45) is 1.81. The number of nitrogens with zero attached hydrogens (tertiary/aromatic N) is 2. The Morgan fingerprint density at radius 3 is 2.59 bits per heavy atom. The molecular weight excluding hydrogens is 288 g/mol. The standard InChI is InChI=1S/C11H15BrN2O3/c1-3-13-6-8(12)5-9(13)11(17)14(4-2)7-10(15)16/h5-6H,3-4,7H2,1-2H3,(H,15,16). The van der Waals surface area contributed by atoms with Gasteiger partial charge >= 0.3 is 5.97 Å². The van der Waals surface area contributed by atoms with Crippen LogP contribution in [0.25, 0.3) is 0 Å². The molecule has 0 aliphatic rings. The molecule has 1 N–H and O–H groups in total. The summed E-state index contributed by atoms with van der Waals surface area (Å²) < 4.78 is 2.60. The van der Waals surface area contributed by atoms with Crippen molar-refractivity contribution in [2.75, 3.05) is 13.1 Å². The predicted molar refractivity (Wildman–Crippen MR) is 67.0 cm³/mol. The van der Waals surface area contributed by atoms with E-state index in [2.05, 4.69) is 15.9 Å². The molecule has 5 nitrogen and oxygen atoms in total. The van der Waals surface area contributed by atoms with Crippen LogP contribution in [0.15, 0.2) is 16.7 Å². The van der Waals surface area contributed by atoms with E-state index in [0.29, 0.717) is 18.8 Å². The molecule has 94 valence electrons. The molecule has 0 fully saturated rings. The van der Waals surface area contributed by atoms with Gasteiger partial charge in [-0.15, -0.1) is 0 Å². The quantitative estimate of drug-likeness (QED) is 0.902. The van der Waals surface area contributed by atoms with Gasteiger partial charge in [-0.05, 0) is 35.8 Å². The van der Waals surface area contributed by atoms with E-state index in [0.717, 1.165) is 4.47 Å². The van der Waals surface area contributed by atoms with Crippen LogP contribution in [0.1, 0.15) is 24.3 Å². The fraction of sp³-hybridized carbons (Fsp3) is 0.455. The van der Waals surface area contributed by atoms with Gasteiger partial charge in [-0.3, -0.25) is 9.59 Å². The van der Waals surface area contributed by atoms with E-state index in [1.807, 2.05) is 13.1 Å². The van der Waals surface area contributed by atoms with Crippen molar-refractivity contribution < 1.29 is 14.7 Å². The summed E-state index contributed by atoms with van der Waals surface area (Å²) in [4.78, 5) is 24.1. The van der Waals surface area contributed by atoms with Crippen LogP contribution in [-0.4, -0.2) is 39.5 Å². The lowest BCUT2D eigenvalue weighted by atomic mass is 10.3. The second-order valence-electron chi connectivity index (χ2n) is 3.54. The molecule has 1 heterocycles. The van der Waals surface area contributed by atoms with Gasteiger partial charge in [0, 0.05) is 23.8 Å². The first-order valence-electron chi connectivity index (χ1n) is 5.36. The molecule has 0 saturated heterocycles. The van der Waals surface area contributed by atoms with E-state index < -0.39 is 5.97 Å². The van der Waals surface area contributed by atoms with Crippen molar-refractivity contribution in [1.29, 1.82) is 0 Å². The van der Waals surface area contributed by atoms with Gasteiger partial charge in [-0.1, -0.05) is 0 Å². The van der Waals surface area contributed by atoms with Crippen molar-refractivity contribution in [3.05, 3.63) is 22.4 Å². The van der Waals surface area contributed by atoms with Crippen LogP contribution in [0, 0.1) is 0 Å². The van der Waals surface area contributed by atoms with Crippen LogP contribution in [0.3, 0.4) is 0 Å². The molecule has 0 aliphatic carbocycles. The zero-order chi connectivity index (χ0) is 13.0. The third-order valence-corrected chi connectivity index (χ3v) is 2.85. The van der Waals surface area contributed by atoms with E-state index in [4.69, 9.17) is 5.11 Å². The summed E-state index contributed by atoms with van der Waals surface area (Å²) in [5.41, 5.74) is 0.502. The maximum Gasteiger partial charge on any atom is 0.323 e. The van der Waals surface area contributed by atoms with Crippen molar-refractivity contribution in [3.63, 3.8) is 0 Å². The van der Waals surface area contributed by atoms with E-state index >= 15 is 0 Å². The maximum absolute atomic E-state index is 12.1. The smallest absolute Gasteiger partial charge is 0.323 e. The van der Waals surface area contributed by atoms with Gasteiger partial charge in [0.15, 0.2) is 0 Å². The number of halogens is 1. The number of carbonyl (C=O) groups is 2. The monoisotopic (exact) mass is 302 g/mol. The minimum Gasteiger partial charge on any atom is -0.480 e. The molecule has 1 aromatic heterocycles. The number of aryl methyl sites for hydroxylation is 1. The molecule has 0 saturated carbocycles. The summed E-state index contributed by atoms with van der Waals surface area (Å²) in [7, 11) is 0. The number of likely N-dealkylation sites (N-methyl/N-ethyl adjacent to an activating group) is 1. The lowest BCUT2D eigenvalue weighted by molar-refractivity contribution is -0.137. The van der Waals surface area contributed by atoms with Crippen LogP contribution in [-0.2, 0) is 11.3 Å². The van der Waals surface area contributed by atoms with Gasteiger partial charge in [0.25, 0.3) is 5.91 Å². The number of rotatable bonds is 5. The first kappa shape index (κ1) is 13.8. The number of aromatic nitrogens is 1. The van der Waals surface area contributed by atoms with Gasteiger partial charge in [0.2, 0.25) is 0 Å². The Hall–Kier alpha value is -1.30. The van der Waals surface area contributed by atoms with Crippen molar-refractivity contribution >= 4 is 27.8 Å². The topological polar surface area (TPSA) is 62.5 Å². The van der Waals surface area contributed by atoms with Crippen molar-refractivity contribution in [3.8, 4) is 0 Å². The summed E-state index contributed by atoms with van der Waals surface area (Å²) in [5.74, 6) is -1.27. The maximum atomic E-state index is 12.1. The van der Waals surface area contributed by atoms with Gasteiger partial charge in [0.1, 0.15) is 12.2 Å². The minimum atomic E-state index is -1.01. The van der Waals surface area contributed by atoms with Crippen LogP contribution < -0.4 is 0 Å². The van der Waals surface area contributed by atoms with E-state index in [-0.39, 0.29) is 12.5 Å². The van der Waals surface area contributed by atoms with Crippen molar-refractivity contribution in [2.24, 2.45) is 0 Å². The first-order valence-corrected chi connectivity index (χ1v) is 6.15. The molecule has 1 rings (SSSR count). The molecule has 17 heavy (non-hydrogen) atoms. The molecule has 0 radical (unpaired) electrons. The largest absolute Gasteiger partial charge is 0.480 e. The molecule has 0 aliphatic heterocycles. The Morgan fingerprint density at radius 2 is 2.12 bits per heavy atom. The lowest BCUT2D eigenvalue weighted by Crippen LogP contribution is -2.36. The number of aliphatic carboxylic acids is 1. The highest BCUT2D eigenvalue weighted by molar-refractivity contribution is 9.10. The zero-order valence-electron chi connectivity index (χ0n) is 9.81. The van der Waals surface area contributed by atoms with E-state index in [1.165, 1.54) is 4.90 Å². The van der Waals surface area contributed by atoms with Crippen LogP contribution in [0.5, 0.6) is 0 Å². The molecule has 1 amide bonds. The average molecular weight is 303 g/mol. The van der Waals surface area contributed by atoms with E-state index in [9.17, 15) is 9.59 Å². The number of carboxylic acid groups (broad SMARTS) is 1. The van der Waals surface area contributed by atoms with Crippen molar-refractivity contribution in [2.45, 2.75) is 20.4 Å². The third-order valence-electron chi connectivity index (χ3n) is 2.42. The van der Waals surface area contributed by atoms with Crippen LogP contribution >= 0.6 is 15.9 Å². The fourth-order valence-corrected chi connectivity index (χ4v) is 2.03.